The molecule has 2 aromatic heterocycles. The maximum Gasteiger partial charge on any atom is 0.182 e. The minimum Gasteiger partial charge on any atom is -0.328 e. The minimum atomic E-state index is -0.302. The number of benzene rings is 1. The summed E-state index contributed by atoms with van der Waals surface area (Å²) in [5.74, 6) is -0.302. The lowest BCUT2D eigenvalue weighted by molar-refractivity contribution is 0.637. The molecule has 0 unspecified atom stereocenters. The maximum atomic E-state index is 13.8. The first-order chi connectivity index (χ1) is 9.11. The highest BCUT2D eigenvalue weighted by Gasteiger charge is 2.14. The fourth-order valence-electron chi connectivity index (χ4n) is 2.29. The van der Waals surface area contributed by atoms with Crippen molar-refractivity contribution in [2.24, 2.45) is 7.05 Å². The lowest BCUT2D eigenvalue weighted by atomic mass is 10.2. The largest absolute Gasteiger partial charge is 0.328 e. The molecule has 98 valence electrons. The predicted molar refractivity (Wildman–Crippen MR) is 74.6 cm³/mol. The molecule has 3 aromatic rings. The third-order valence-corrected chi connectivity index (χ3v) is 3.41. The Hall–Kier alpha value is -1.95. The van der Waals surface area contributed by atoms with Crippen LogP contribution in [-0.4, -0.2) is 19.3 Å². The number of halogens is 1. The first kappa shape index (κ1) is 12.1. The van der Waals surface area contributed by atoms with Gasteiger partial charge in [0.1, 0.15) is 11.3 Å². The molecule has 0 aliphatic rings. The zero-order valence-corrected chi connectivity index (χ0v) is 11.5. The topological polar surface area (TPSA) is 38.5 Å². The summed E-state index contributed by atoms with van der Waals surface area (Å²) in [6.45, 7) is 2.03. The maximum absolute atomic E-state index is 13.8. The van der Waals surface area contributed by atoms with Crippen molar-refractivity contribution in [3.8, 4) is 5.69 Å². The average Bonchev–Trinajstić information content (AvgIpc) is 2.89. The van der Waals surface area contributed by atoms with E-state index in [1.54, 1.807) is 10.7 Å². The molecule has 19 heavy (non-hydrogen) atoms. The molecule has 3 rings (SSSR count). The van der Waals surface area contributed by atoms with Gasteiger partial charge >= 0.3 is 0 Å². The molecule has 6 heteroatoms. The fourth-order valence-corrected chi connectivity index (χ4v) is 2.59. The number of aryl methyl sites for hydroxylation is 2. The Balaban J connectivity index is 2.39. The van der Waals surface area contributed by atoms with Gasteiger partial charge in [0.15, 0.2) is 4.77 Å². The number of nitrogens with zero attached hydrogens (tertiary/aromatic N) is 3. The number of H-pyrrole nitrogens is 1. The molecule has 0 bridgehead atoms. The summed E-state index contributed by atoms with van der Waals surface area (Å²) in [6.07, 6.45) is 2.69. The van der Waals surface area contributed by atoms with Crippen LogP contribution in [0.3, 0.4) is 0 Å². The fraction of sp³-hybridized carbons (Fsp3) is 0.231. The smallest absolute Gasteiger partial charge is 0.182 e. The quantitative estimate of drug-likeness (QED) is 0.730. The van der Waals surface area contributed by atoms with Gasteiger partial charge in [-0.3, -0.25) is 9.25 Å². The van der Waals surface area contributed by atoms with Gasteiger partial charge in [0.25, 0.3) is 0 Å². The summed E-state index contributed by atoms with van der Waals surface area (Å²) in [6, 6.07) is 4.94. The van der Waals surface area contributed by atoms with Crippen LogP contribution in [0.5, 0.6) is 0 Å². The van der Waals surface area contributed by atoms with E-state index in [2.05, 4.69) is 10.1 Å². The molecule has 2 heterocycles. The Labute approximate surface area is 114 Å². The zero-order valence-electron chi connectivity index (χ0n) is 10.6. The second-order valence-corrected chi connectivity index (χ2v) is 4.77. The first-order valence-corrected chi connectivity index (χ1v) is 6.44. The van der Waals surface area contributed by atoms with Crippen molar-refractivity contribution in [1.29, 1.82) is 0 Å². The summed E-state index contributed by atoms with van der Waals surface area (Å²) >= 11 is 5.32. The molecule has 0 atom stereocenters. The van der Waals surface area contributed by atoms with Crippen LogP contribution in [0.1, 0.15) is 12.6 Å². The SMILES string of the molecule is CCc1nn(C)cc1-n1c(=S)[nH]c2c(F)cccc21. The number of fused-ring (bicyclic) bond motifs is 1. The molecule has 1 aromatic carbocycles. The second kappa shape index (κ2) is 4.31. The van der Waals surface area contributed by atoms with Crippen LogP contribution in [0.4, 0.5) is 4.39 Å². The van der Waals surface area contributed by atoms with Crippen molar-refractivity contribution in [2.75, 3.05) is 0 Å². The lowest BCUT2D eigenvalue weighted by Crippen LogP contribution is -1.96. The van der Waals surface area contributed by atoms with Gasteiger partial charge in [-0.25, -0.2) is 4.39 Å². The van der Waals surface area contributed by atoms with E-state index < -0.39 is 0 Å². The van der Waals surface area contributed by atoms with E-state index in [4.69, 9.17) is 12.2 Å². The van der Waals surface area contributed by atoms with Crippen LogP contribution >= 0.6 is 12.2 Å². The van der Waals surface area contributed by atoms with Gasteiger partial charge in [-0.15, -0.1) is 0 Å². The van der Waals surface area contributed by atoms with Gasteiger partial charge < -0.3 is 4.98 Å². The van der Waals surface area contributed by atoms with E-state index >= 15 is 0 Å². The Morgan fingerprint density at radius 3 is 2.95 bits per heavy atom. The number of aromatic amines is 1. The van der Waals surface area contributed by atoms with E-state index in [1.807, 2.05) is 30.8 Å². The Morgan fingerprint density at radius 2 is 2.21 bits per heavy atom. The van der Waals surface area contributed by atoms with Crippen LogP contribution in [0.2, 0.25) is 0 Å². The zero-order chi connectivity index (χ0) is 13.6. The highest BCUT2D eigenvalue weighted by Crippen LogP contribution is 2.23. The van der Waals surface area contributed by atoms with Crippen LogP contribution < -0.4 is 0 Å². The van der Waals surface area contributed by atoms with Gasteiger partial charge in [-0.1, -0.05) is 13.0 Å². The molecule has 0 saturated carbocycles. The van der Waals surface area contributed by atoms with Gasteiger partial charge in [-0.05, 0) is 30.8 Å². The van der Waals surface area contributed by atoms with E-state index in [-0.39, 0.29) is 5.82 Å². The third kappa shape index (κ3) is 1.79. The molecular weight excluding hydrogens is 263 g/mol. The molecule has 1 N–H and O–H groups in total. The van der Waals surface area contributed by atoms with Crippen LogP contribution in [0.25, 0.3) is 16.7 Å². The molecule has 0 spiro atoms. The summed E-state index contributed by atoms with van der Waals surface area (Å²) in [7, 11) is 1.86. The second-order valence-electron chi connectivity index (χ2n) is 4.39. The highest BCUT2D eigenvalue weighted by atomic mass is 32.1. The lowest BCUT2D eigenvalue weighted by Gasteiger charge is -2.03. The van der Waals surface area contributed by atoms with E-state index in [1.165, 1.54) is 6.07 Å². The molecule has 4 nitrogen and oxygen atoms in total. The molecule has 0 radical (unpaired) electrons. The number of para-hydroxylation sites is 1. The van der Waals surface area contributed by atoms with E-state index in [0.717, 1.165) is 23.3 Å². The highest BCUT2D eigenvalue weighted by molar-refractivity contribution is 7.71. The van der Waals surface area contributed by atoms with Gasteiger partial charge in [0.05, 0.1) is 16.9 Å². The first-order valence-electron chi connectivity index (χ1n) is 6.04. The average molecular weight is 276 g/mol. The Bertz CT molecular complexity index is 812. The number of hydrogen-bond donors (Lipinski definition) is 1. The van der Waals surface area contributed by atoms with Crippen LogP contribution in [0, 0.1) is 10.6 Å². The van der Waals surface area contributed by atoms with Crippen molar-refractivity contribution in [1.82, 2.24) is 19.3 Å². The summed E-state index contributed by atoms with van der Waals surface area (Å²) in [5, 5.41) is 4.40. The van der Waals surface area contributed by atoms with Crippen LogP contribution in [0.15, 0.2) is 24.4 Å². The molecule has 0 amide bonds. The van der Waals surface area contributed by atoms with Gasteiger partial charge in [0.2, 0.25) is 0 Å². The van der Waals surface area contributed by atoms with Crippen molar-refractivity contribution in [2.45, 2.75) is 13.3 Å². The van der Waals surface area contributed by atoms with Crippen molar-refractivity contribution < 1.29 is 4.39 Å². The van der Waals surface area contributed by atoms with E-state index in [9.17, 15) is 4.39 Å². The molecule has 0 aliphatic carbocycles. The summed E-state index contributed by atoms with van der Waals surface area (Å²) in [5.41, 5.74) is 2.99. The normalized spacial score (nSPS) is 11.3. The molecule has 0 aliphatic heterocycles. The third-order valence-electron chi connectivity index (χ3n) is 3.13. The van der Waals surface area contributed by atoms with Crippen molar-refractivity contribution >= 4 is 23.3 Å². The van der Waals surface area contributed by atoms with E-state index in [0.29, 0.717) is 10.3 Å². The number of rotatable bonds is 2. The molecule has 0 fully saturated rings. The Kier molecular flexibility index (Phi) is 2.74. The number of aromatic nitrogens is 4. The van der Waals surface area contributed by atoms with Gasteiger partial charge in [-0.2, -0.15) is 5.10 Å². The number of hydrogen-bond acceptors (Lipinski definition) is 2. The van der Waals surface area contributed by atoms with Crippen molar-refractivity contribution in [3.05, 3.63) is 40.7 Å². The predicted octanol–water partition coefficient (Wildman–Crippen LogP) is 3.12. The molecular formula is C13H13FN4S. The minimum absolute atomic E-state index is 0.302. The summed E-state index contributed by atoms with van der Waals surface area (Å²) in [4.78, 5) is 2.92. The number of imidazole rings is 1. The van der Waals surface area contributed by atoms with Crippen LogP contribution in [-0.2, 0) is 13.5 Å². The number of nitrogens with one attached hydrogen (secondary N) is 1. The van der Waals surface area contributed by atoms with Gasteiger partial charge in [0, 0.05) is 13.2 Å². The summed E-state index contributed by atoms with van der Waals surface area (Å²) < 4.78 is 17.8. The monoisotopic (exact) mass is 276 g/mol. The van der Waals surface area contributed by atoms with Crippen molar-refractivity contribution in [3.63, 3.8) is 0 Å². The molecule has 0 saturated heterocycles. The Morgan fingerprint density at radius 1 is 1.42 bits per heavy atom. The standard InChI is InChI=1S/C13H13FN4S/c1-3-9-11(7-17(2)16-9)18-10-6-4-5-8(14)12(10)15-13(18)19/h4-7H,3H2,1-2H3,(H,15,19).